The maximum atomic E-state index is 5.92. The van der Waals surface area contributed by atoms with E-state index in [2.05, 4.69) is 68.6 Å². The summed E-state index contributed by atoms with van der Waals surface area (Å²) in [5.41, 5.74) is 3.77. The Morgan fingerprint density at radius 3 is 2.67 bits per heavy atom. The molecule has 0 saturated heterocycles. The van der Waals surface area contributed by atoms with Gasteiger partial charge in [-0.15, -0.1) is 0 Å². The van der Waals surface area contributed by atoms with Crippen molar-refractivity contribution in [2.75, 3.05) is 0 Å². The van der Waals surface area contributed by atoms with E-state index in [0.29, 0.717) is 12.6 Å². The summed E-state index contributed by atoms with van der Waals surface area (Å²) in [4.78, 5) is 0. The van der Waals surface area contributed by atoms with Gasteiger partial charge in [-0.25, -0.2) is 0 Å². The Morgan fingerprint density at radius 1 is 1.10 bits per heavy atom. The second-order valence-electron chi connectivity index (χ2n) is 5.55. The standard InChI is InChI=1S/C19H25NO/c1-4-16(3)20-13-17-9-7-11-19(12-17)21-14-18-10-6-5-8-15(18)2/h5-12,16,20H,4,13-14H2,1-3H3. The molecule has 0 aliphatic rings. The van der Waals surface area contributed by atoms with Crippen molar-refractivity contribution in [1.82, 2.24) is 5.32 Å². The molecule has 1 atom stereocenters. The minimum absolute atomic E-state index is 0.543. The molecule has 0 radical (unpaired) electrons. The van der Waals surface area contributed by atoms with Gasteiger partial charge in [0, 0.05) is 12.6 Å². The molecule has 2 aromatic carbocycles. The molecule has 0 heterocycles. The van der Waals surface area contributed by atoms with Crippen molar-refractivity contribution in [3.63, 3.8) is 0 Å². The molecule has 0 spiro atoms. The highest BCUT2D eigenvalue weighted by Crippen LogP contribution is 2.16. The van der Waals surface area contributed by atoms with Crippen LogP contribution in [0.4, 0.5) is 0 Å². The van der Waals surface area contributed by atoms with Gasteiger partial charge in [-0.2, -0.15) is 0 Å². The summed E-state index contributed by atoms with van der Waals surface area (Å²) in [7, 11) is 0. The number of hydrogen-bond donors (Lipinski definition) is 1. The van der Waals surface area contributed by atoms with Crippen molar-refractivity contribution in [3.8, 4) is 5.75 Å². The van der Waals surface area contributed by atoms with Crippen LogP contribution in [-0.4, -0.2) is 6.04 Å². The highest BCUT2D eigenvalue weighted by molar-refractivity contribution is 5.30. The summed E-state index contributed by atoms with van der Waals surface area (Å²) < 4.78 is 5.92. The van der Waals surface area contributed by atoms with Crippen molar-refractivity contribution in [2.24, 2.45) is 0 Å². The molecule has 0 aliphatic carbocycles. The van der Waals surface area contributed by atoms with E-state index in [-0.39, 0.29) is 0 Å². The van der Waals surface area contributed by atoms with Gasteiger partial charge >= 0.3 is 0 Å². The maximum absolute atomic E-state index is 5.92. The van der Waals surface area contributed by atoms with E-state index in [1.54, 1.807) is 0 Å². The van der Waals surface area contributed by atoms with Crippen molar-refractivity contribution in [1.29, 1.82) is 0 Å². The van der Waals surface area contributed by atoms with E-state index in [9.17, 15) is 0 Å². The third kappa shape index (κ3) is 4.91. The monoisotopic (exact) mass is 283 g/mol. The van der Waals surface area contributed by atoms with Gasteiger partial charge < -0.3 is 10.1 Å². The normalized spacial score (nSPS) is 12.1. The van der Waals surface area contributed by atoms with Gasteiger partial charge in [-0.05, 0) is 49.1 Å². The van der Waals surface area contributed by atoms with E-state index in [0.717, 1.165) is 18.7 Å². The summed E-state index contributed by atoms with van der Waals surface area (Å²) in [5, 5.41) is 3.50. The minimum Gasteiger partial charge on any atom is -0.489 e. The largest absolute Gasteiger partial charge is 0.489 e. The highest BCUT2D eigenvalue weighted by atomic mass is 16.5. The SMILES string of the molecule is CCC(C)NCc1cccc(OCc2ccccc2C)c1. The number of aryl methyl sites for hydroxylation is 1. The topological polar surface area (TPSA) is 21.3 Å². The van der Waals surface area contributed by atoms with E-state index >= 15 is 0 Å². The summed E-state index contributed by atoms with van der Waals surface area (Å²) in [5.74, 6) is 0.932. The summed E-state index contributed by atoms with van der Waals surface area (Å²) >= 11 is 0. The Bertz CT molecular complexity index is 565. The molecule has 2 nitrogen and oxygen atoms in total. The Morgan fingerprint density at radius 2 is 1.90 bits per heavy atom. The first-order valence-corrected chi connectivity index (χ1v) is 7.68. The first-order valence-electron chi connectivity index (χ1n) is 7.68. The molecule has 21 heavy (non-hydrogen) atoms. The minimum atomic E-state index is 0.543. The quantitative estimate of drug-likeness (QED) is 0.810. The number of rotatable bonds is 7. The number of hydrogen-bond acceptors (Lipinski definition) is 2. The van der Waals surface area contributed by atoms with Gasteiger partial charge in [0.1, 0.15) is 12.4 Å². The Balaban J connectivity index is 1.93. The van der Waals surface area contributed by atoms with Gasteiger partial charge in [-0.1, -0.05) is 43.3 Å². The van der Waals surface area contributed by atoms with Gasteiger partial charge in [0.2, 0.25) is 0 Å². The van der Waals surface area contributed by atoms with Crippen LogP contribution in [0.15, 0.2) is 48.5 Å². The Kier molecular flexibility index (Phi) is 5.82. The molecule has 2 rings (SSSR count). The molecule has 1 unspecified atom stereocenters. The van der Waals surface area contributed by atoms with E-state index in [1.807, 2.05) is 6.07 Å². The van der Waals surface area contributed by atoms with E-state index < -0.39 is 0 Å². The van der Waals surface area contributed by atoms with Crippen LogP contribution in [0.3, 0.4) is 0 Å². The smallest absolute Gasteiger partial charge is 0.120 e. The highest BCUT2D eigenvalue weighted by Gasteiger charge is 2.02. The number of nitrogens with one attached hydrogen (secondary N) is 1. The lowest BCUT2D eigenvalue weighted by Crippen LogP contribution is -2.24. The fraction of sp³-hybridized carbons (Fsp3) is 0.368. The average molecular weight is 283 g/mol. The molecule has 1 N–H and O–H groups in total. The predicted molar refractivity (Wildman–Crippen MR) is 88.5 cm³/mol. The Labute approximate surface area is 128 Å². The molecule has 2 aromatic rings. The lowest BCUT2D eigenvalue weighted by molar-refractivity contribution is 0.305. The van der Waals surface area contributed by atoms with Crippen LogP contribution >= 0.6 is 0 Å². The zero-order chi connectivity index (χ0) is 15.1. The average Bonchev–Trinajstić information content (AvgIpc) is 2.52. The zero-order valence-electron chi connectivity index (χ0n) is 13.2. The second kappa shape index (κ2) is 7.84. The van der Waals surface area contributed by atoms with Gasteiger partial charge in [-0.3, -0.25) is 0 Å². The molecular weight excluding hydrogens is 258 g/mol. The molecular formula is C19H25NO. The van der Waals surface area contributed by atoms with Gasteiger partial charge in [0.15, 0.2) is 0 Å². The van der Waals surface area contributed by atoms with Crippen molar-refractivity contribution < 1.29 is 4.74 Å². The predicted octanol–water partition coefficient (Wildman–Crippen LogP) is 4.46. The first kappa shape index (κ1) is 15.6. The molecule has 0 aliphatic heterocycles. The van der Waals surface area contributed by atoms with Crippen LogP contribution in [0.2, 0.25) is 0 Å². The fourth-order valence-corrected chi connectivity index (χ4v) is 2.11. The number of ether oxygens (including phenoxy) is 1. The summed E-state index contributed by atoms with van der Waals surface area (Å²) in [6, 6.07) is 17.2. The van der Waals surface area contributed by atoms with Crippen molar-refractivity contribution in [3.05, 3.63) is 65.2 Å². The third-order valence-electron chi connectivity index (χ3n) is 3.82. The molecule has 0 fully saturated rings. The van der Waals surface area contributed by atoms with Gasteiger partial charge in [0.05, 0.1) is 0 Å². The molecule has 112 valence electrons. The maximum Gasteiger partial charge on any atom is 0.120 e. The summed E-state index contributed by atoms with van der Waals surface area (Å²) in [6.45, 7) is 8.02. The second-order valence-corrected chi connectivity index (χ2v) is 5.55. The molecule has 0 saturated carbocycles. The molecule has 0 aromatic heterocycles. The van der Waals surface area contributed by atoms with E-state index in [1.165, 1.54) is 16.7 Å². The first-order chi connectivity index (χ1) is 10.2. The molecule has 2 heteroatoms. The van der Waals surface area contributed by atoms with Crippen LogP contribution in [0.1, 0.15) is 37.0 Å². The van der Waals surface area contributed by atoms with Gasteiger partial charge in [0.25, 0.3) is 0 Å². The lowest BCUT2D eigenvalue weighted by atomic mass is 10.1. The third-order valence-corrected chi connectivity index (χ3v) is 3.82. The van der Waals surface area contributed by atoms with E-state index in [4.69, 9.17) is 4.74 Å². The zero-order valence-corrected chi connectivity index (χ0v) is 13.2. The van der Waals surface area contributed by atoms with Crippen LogP contribution in [0, 0.1) is 6.92 Å². The van der Waals surface area contributed by atoms with Crippen LogP contribution in [-0.2, 0) is 13.2 Å². The van der Waals surface area contributed by atoms with Crippen molar-refractivity contribution in [2.45, 2.75) is 46.4 Å². The number of benzene rings is 2. The van der Waals surface area contributed by atoms with Crippen LogP contribution in [0.25, 0.3) is 0 Å². The lowest BCUT2D eigenvalue weighted by Gasteiger charge is -2.13. The Hall–Kier alpha value is -1.80. The molecule has 0 bridgehead atoms. The van der Waals surface area contributed by atoms with Crippen molar-refractivity contribution >= 4 is 0 Å². The van der Waals surface area contributed by atoms with Crippen LogP contribution in [0.5, 0.6) is 5.75 Å². The van der Waals surface area contributed by atoms with Crippen LogP contribution < -0.4 is 10.1 Å². The fourth-order valence-electron chi connectivity index (χ4n) is 2.11. The molecule has 0 amide bonds. The summed E-state index contributed by atoms with van der Waals surface area (Å²) in [6.07, 6.45) is 1.14.